The minimum Gasteiger partial charge on any atom is -0.381 e. The Kier molecular flexibility index (Phi) is 3.21. The van der Waals surface area contributed by atoms with Crippen LogP contribution in [0.5, 0.6) is 0 Å². The number of hydrogen-bond acceptors (Lipinski definition) is 1. The summed E-state index contributed by atoms with van der Waals surface area (Å²) in [6, 6.07) is 8.68. The molecule has 1 fully saturated rings. The first-order valence-corrected chi connectivity index (χ1v) is 6.94. The maximum atomic E-state index is 5.41. The Bertz CT molecular complexity index is 514. The molecule has 2 aromatic rings. The molecule has 0 unspecified atom stereocenters. The molecule has 0 spiro atoms. The van der Waals surface area contributed by atoms with Crippen molar-refractivity contribution >= 4 is 26.8 Å². The highest BCUT2D eigenvalue weighted by Gasteiger charge is 2.14. The van der Waals surface area contributed by atoms with Crippen molar-refractivity contribution in [1.29, 1.82) is 0 Å². The van der Waals surface area contributed by atoms with Crippen molar-refractivity contribution in [2.24, 2.45) is 5.92 Å². The Morgan fingerprint density at radius 3 is 2.88 bits per heavy atom. The predicted octanol–water partition coefficient (Wildman–Crippen LogP) is 3.83. The fourth-order valence-electron chi connectivity index (χ4n) is 2.54. The van der Waals surface area contributed by atoms with E-state index in [1.807, 2.05) is 0 Å². The molecule has 1 aliphatic heterocycles. The van der Waals surface area contributed by atoms with Gasteiger partial charge in [-0.15, -0.1) is 0 Å². The lowest BCUT2D eigenvalue weighted by Crippen LogP contribution is -2.19. The molecule has 3 rings (SSSR count). The first kappa shape index (κ1) is 11.3. The lowest BCUT2D eigenvalue weighted by molar-refractivity contribution is 0.0616. The molecule has 0 saturated carbocycles. The SMILES string of the molecule is Brc1ccc2c(ccn2CC2CCOCC2)c1. The van der Waals surface area contributed by atoms with E-state index in [0.717, 1.165) is 30.1 Å². The number of rotatable bonds is 2. The minimum atomic E-state index is 0.767. The van der Waals surface area contributed by atoms with Crippen LogP contribution in [0.3, 0.4) is 0 Å². The second kappa shape index (κ2) is 4.83. The van der Waals surface area contributed by atoms with E-state index in [2.05, 4.69) is 51.0 Å². The highest BCUT2D eigenvalue weighted by atomic mass is 79.9. The fraction of sp³-hybridized carbons (Fsp3) is 0.429. The van der Waals surface area contributed by atoms with E-state index in [9.17, 15) is 0 Å². The predicted molar refractivity (Wildman–Crippen MR) is 73.2 cm³/mol. The Balaban J connectivity index is 1.84. The van der Waals surface area contributed by atoms with Crippen molar-refractivity contribution in [3.8, 4) is 0 Å². The van der Waals surface area contributed by atoms with E-state index in [0.29, 0.717) is 0 Å². The largest absolute Gasteiger partial charge is 0.381 e. The van der Waals surface area contributed by atoms with Gasteiger partial charge in [-0.1, -0.05) is 15.9 Å². The zero-order valence-corrected chi connectivity index (χ0v) is 11.3. The molecule has 0 N–H and O–H groups in total. The van der Waals surface area contributed by atoms with Crippen molar-refractivity contribution in [3.05, 3.63) is 34.9 Å². The quantitative estimate of drug-likeness (QED) is 0.821. The van der Waals surface area contributed by atoms with Gasteiger partial charge in [0.15, 0.2) is 0 Å². The molecular weight excluding hydrogens is 278 g/mol. The summed E-state index contributed by atoms with van der Waals surface area (Å²) in [7, 11) is 0. The summed E-state index contributed by atoms with van der Waals surface area (Å²) < 4.78 is 8.93. The molecule has 0 bridgehead atoms. The topological polar surface area (TPSA) is 14.2 Å². The Morgan fingerprint density at radius 1 is 1.24 bits per heavy atom. The number of benzene rings is 1. The van der Waals surface area contributed by atoms with Crippen LogP contribution in [0.1, 0.15) is 12.8 Å². The molecule has 0 atom stereocenters. The molecule has 1 aliphatic rings. The van der Waals surface area contributed by atoms with Crippen LogP contribution in [0.2, 0.25) is 0 Å². The third-order valence-electron chi connectivity index (χ3n) is 3.53. The second-order valence-electron chi connectivity index (χ2n) is 4.73. The highest BCUT2D eigenvalue weighted by Crippen LogP contribution is 2.24. The summed E-state index contributed by atoms with van der Waals surface area (Å²) in [6.07, 6.45) is 4.58. The van der Waals surface area contributed by atoms with Gasteiger partial charge in [-0.05, 0) is 43.0 Å². The molecule has 1 aromatic carbocycles. The standard InChI is InChI=1S/C14H16BrNO/c15-13-1-2-14-12(9-13)3-6-16(14)10-11-4-7-17-8-5-11/h1-3,6,9,11H,4-5,7-8,10H2. The van der Waals surface area contributed by atoms with Crippen LogP contribution in [0, 0.1) is 5.92 Å². The molecule has 17 heavy (non-hydrogen) atoms. The van der Waals surface area contributed by atoms with Crippen molar-refractivity contribution in [3.63, 3.8) is 0 Å². The lowest BCUT2D eigenvalue weighted by Gasteiger charge is -2.22. The second-order valence-corrected chi connectivity index (χ2v) is 5.64. The number of hydrogen-bond donors (Lipinski definition) is 0. The molecule has 0 radical (unpaired) electrons. The first-order chi connectivity index (χ1) is 8.33. The smallest absolute Gasteiger partial charge is 0.0481 e. The van der Waals surface area contributed by atoms with Gasteiger partial charge in [0.1, 0.15) is 0 Å². The Labute approximate surface area is 110 Å². The average molecular weight is 294 g/mol. The van der Waals surface area contributed by atoms with Gasteiger partial charge >= 0.3 is 0 Å². The van der Waals surface area contributed by atoms with E-state index in [-0.39, 0.29) is 0 Å². The van der Waals surface area contributed by atoms with Gasteiger partial charge in [0.25, 0.3) is 0 Å². The molecule has 0 amide bonds. The Hall–Kier alpha value is -0.800. The molecule has 1 saturated heterocycles. The van der Waals surface area contributed by atoms with Crippen molar-refractivity contribution in [2.45, 2.75) is 19.4 Å². The van der Waals surface area contributed by atoms with Gasteiger partial charge in [0.2, 0.25) is 0 Å². The monoisotopic (exact) mass is 293 g/mol. The summed E-state index contributed by atoms with van der Waals surface area (Å²) in [4.78, 5) is 0. The zero-order valence-electron chi connectivity index (χ0n) is 9.73. The van der Waals surface area contributed by atoms with Crippen LogP contribution in [0.4, 0.5) is 0 Å². The summed E-state index contributed by atoms with van der Waals surface area (Å²) in [6.45, 7) is 2.97. The van der Waals surface area contributed by atoms with Crippen LogP contribution >= 0.6 is 15.9 Å². The number of nitrogens with zero attached hydrogens (tertiary/aromatic N) is 1. The third kappa shape index (κ3) is 2.40. The normalized spacial score (nSPS) is 17.7. The molecular formula is C14H16BrNO. The number of halogens is 1. The maximum absolute atomic E-state index is 5.41. The van der Waals surface area contributed by atoms with Crippen LogP contribution in [0.15, 0.2) is 34.9 Å². The van der Waals surface area contributed by atoms with Crippen LogP contribution < -0.4 is 0 Å². The summed E-state index contributed by atoms with van der Waals surface area (Å²) in [5.74, 6) is 0.767. The van der Waals surface area contributed by atoms with Crippen LogP contribution in [-0.2, 0) is 11.3 Å². The van der Waals surface area contributed by atoms with E-state index in [4.69, 9.17) is 4.74 Å². The number of ether oxygens (including phenoxy) is 1. The minimum absolute atomic E-state index is 0.767. The van der Waals surface area contributed by atoms with Crippen molar-refractivity contribution < 1.29 is 4.74 Å². The average Bonchev–Trinajstić information content (AvgIpc) is 2.73. The van der Waals surface area contributed by atoms with E-state index >= 15 is 0 Å². The van der Waals surface area contributed by atoms with Crippen LogP contribution in [-0.4, -0.2) is 17.8 Å². The molecule has 1 aromatic heterocycles. The van der Waals surface area contributed by atoms with Gasteiger partial charge in [0.05, 0.1) is 0 Å². The highest BCUT2D eigenvalue weighted by molar-refractivity contribution is 9.10. The third-order valence-corrected chi connectivity index (χ3v) is 4.02. The molecule has 2 heterocycles. The van der Waals surface area contributed by atoms with Gasteiger partial charge in [-0.2, -0.15) is 0 Å². The first-order valence-electron chi connectivity index (χ1n) is 6.15. The van der Waals surface area contributed by atoms with Crippen molar-refractivity contribution in [2.75, 3.05) is 13.2 Å². The number of aromatic nitrogens is 1. The van der Waals surface area contributed by atoms with E-state index < -0.39 is 0 Å². The van der Waals surface area contributed by atoms with Gasteiger partial charge in [0, 0.05) is 41.3 Å². The fourth-order valence-corrected chi connectivity index (χ4v) is 2.92. The zero-order chi connectivity index (χ0) is 11.7. The molecule has 2 nitrogen and oxygen atoms in total. The maximum Gasteiger partial charge on any atom is 0.0481 e. The van der Waals surface area contributed by atoms with Gasteiger partial charge in [-0.25, -0.2) is 0 Å². The number of fused-ring (bicyclic) bond motifs is 1. The molecule has 3 heteroatoms. The van der Waals surface area contributed by atoms with Gasteiger partial charge in [-0.3, -0.25) is 0 Å². The summed E-state index contributed by atoms with van der Waals surface area (Å²) >= 11 is 3.51. The molecule has 0 aliphatic carbocycles. The lowest BCUT2D eigenvalue weighted by atomic mass is 10.0. The summed E-state index contributed by atoms with van der Waals surface area (Å²) in [5, 5.41) is 1.31. The van der Waals surface area contributed by atoms with Gasteiger partial charge < -0.3 is 9.30 Å². The van der Waals surface area contributed by atoms with E-state index in [1.165, 1.54) is 23.7 Å². The Morgan fingerprint density at radius 2 is 2.06 bits per heavy atom. The van der Waals surface area contributed by atoms with E-state index in [1.54, 1.807) is 0 Å². The van der Waals surface area contributed by atoms with Crippen molar-refractivity contribution in [1.82, 2.24) is 4.57 Å². The summed E-state index contributed by atoms with van der Waals surface area (Å²) in [5.41, 5.74) is 1.33. The molecule has 90 valence electrons. The van der Waals surface area contributed by atoms with Crippen LogP contribution in [0.25, 0.3) is 10.9 Å².